The largest absolute Gasteiger partial charge is 0.340 e. The lowest BCUT2D eigenvalue weighted by Gasteiger charge is -2.32. The summed E-state index contributed by atoms with van der Waals surface area (Å²) in [5.74, 6) is 0. The first-order valence-electron chi connectivity index (χ1n) is 6.17. The number of nitrogens with zero attached hydrogens (tertiary/aromatic N) is 3. The van der Waals surface area contributed by atoms with Crippen LogP contribution in [0.15, 0.2) is 21.3 Å². The number of alkyl halides is 2. The van der Waals surface area contributed by atoms with E-state index in [1.165, 1.54) is 6.07 Å². The highest BCUT2D eigenvalue weighted by atomic mass is 32.2. The summed E-state index contributed by atoms with van der Waals surface area (Å²) in [5, 5.41) is 9.11. The first-order valence-corrected chi connectivity index (χ1v) is 10.7. The molecule has 0 bridgehead atoms. The fourth-order valence-corrected chi connectivity index (χ4v) is 5.85. The highest BCUT2D eigenvalue weighted by Gasteiger charge is 2.38. The first-order chi connectivity index (χ1) is 8.67. The molecule has 0 spiro atoms. The summed E-state index contributed by atoms with van der Waals surface area (Å²) in [6.45, 7) is 10.6. The summed E-state index contributed by atoms with van der Waals surface area (Å²) in [7, 11) is -5.54. The van der Waals surface area contributed by atoms with E-state index in [0.717, 1.165) is 6.20 Å². The van der Waals surface area contributed by atoms with Gasteiger partial charge < -0.3 is 0 Å². The maximum absolute atomic E-state index is 13.1. The molecule has 9 heteroatoms. The van der Waals surface area contributed by atoms with Crippen LogP contribution >= 0.6 is 0 Å². The number of halogens is 2. The van der Waals surface area contributed by atoms with Gasteiger partial charge in [-0.2, -0.15) is 13.9 Å². The standard InChI is InChI=1S/C11H22F2N4OSSi/c1-10(2,3)20(5,6)16-19(14,18)9-7-8-17(15-9)11(4,12)13/h7-8H,1-6H3,(H2,14,16,18). The molecule has 0 saturated heterocycles. The van der Waals surface area contributed by atoms with Gasteiger partial charge in [-0.15, -0.1) is 0 Å². The number of hydrogen-bond donors (Lipinski definition) is 1. The molecular formula is C11H22F2N4OSSi. The molecule has 0 aromatic carbocycles. The van der Waals surface area contributed by atoms with Crippen molar-refractivity contribution in [3.05, 3.63) is 12.3 Å². The van der Waals surface area contributed by atoms with E-state index in [-0.39, 0.29) is 10.1 Å². The summed E-state index contributed by atoms with van der Waals surface area (Å²) in [4.78, 5) is 0. The van der Waals surface area contributed by atoms with Crippen molar-refractivity contribution in [2.75, 3.05) is 0 Å². The molecule has 2 N–H and O–H groups in total. The number of rotatable bonds is 3. The minimum Gasteiger partial charge on any atom is -0.260 e. The zero-order chi connectivity index (χ0) is 16.0. The van der Waals surface area contributed by atoms with Crippen LogP contribution in [0, 0.1) is 0 Å². The van der Waals surface area contributed by atoms with Gasteiger partial charge in [0, 0.05) is 13.1 Å². The lowest BCUT2D eigenvalue weighted by Crippen LogP contribution is -2.37. The van der Waals surface area contributed by atoms with Gasteiger partial charge in [-0.25, -0.2) is 14.0 Å². The predicted molar refractivity (Wildman–Crippen MR) is 78.3 cm³/mol. The molecule has 1 aromatic rings. The van der Waals surface area contributed by atoms with E-state index in [4.69, 9.17) is 5.14 Å². The van der Waals surface area contributed by atoms with E-state index < -0.39 is 24.2 Å². The fourth-order valence-electron chi connectivity index (χ4n) is 1.20. The van der Waals surface area contributed by atoms with E-state index in [1.807, 2.05) is 33.9 Å². The van der Waals surface area contributed by atoms with Crippen LogP contribution in [0.5, 0.6) is 0 Å². The molecule has 0 amide bonds. The number of aromatic nitrogens is 2. The predicted octanol–water partition coefficient (Wildman–Crippen LogP) is 3.16. The highest BCUT2D eigenvalue weighted by molar-refractivity contribution is 7.92. The van der Waals surface area contributed by atoms with Crippen molar-refractivity contribution < 1.29 is 13.0 Å². The Morgan fingerprint density at radius 2 is 1.85 bits per heavy atom. The van der Waals surface area contributed by atoms with Gasteiger partial charge in [-0.1, -0.05) is 20.8 Å². The Balaban J connectivity index is 3.31. The molecule has 1 atom stereocenters. The normalized spacial score (nSPS) is 16.9. The molecule has 1 heterocycles. The van der Waals surface area contributed by atoms with E-state index in [2.05, 4.69) is 9.13 Å². The van der Waals surface area contributed by atoms with Crippen molar-refractivity contribution in [3.8, 4) is 0 Å². The summed E-state index contributed by atoms with van der Waals surface area (Å²) in [6.07, 6.45) is 1.06. The van der Waals surface area contributed by atoms with Crippen molar-refractivity contribution in [3.63, 3.8) is 0 Å². The summed E-state index contributed by atoms with van der Waals surface area (Å²) in [6, 6.07) is -1.93. The van der Waals surface area contributed by atoms with Crippen molar-refractivity contribution in [2.24, 2.45) is 9.17 Å². The Bertz CT molecular complexity index is 607. The van der Waals surface area contributed by atoms with Crippen LogP contribution in [0.4, 0.5) is 8.78 Å². The van der Waals surface area contributed by atoms with Gasteiger partial charge in [-0.3, -0.25) is 4.03 Å². The van der Waals surface area contributed by atoms with E-state index >= 15 is 0 Å². The van der Waals surface area contributed by atoms with E-state index in [0.29, 0.717) is 11.6 Å². The van der Waals surface area contributed by atoms with Crippen molar-refractivity contribution in [1.29, 1.82) is 0 Å². The van der Waals surface area contributed by atoms with Crippen LogP contribution in [0.2, 0.25) is 18.1 Å². The lowest BCUT2D eigenvalue weighted by atomic mass is 10.2. The SMILES string of the molecule is CC(F)(F)n1ccc(S(N)(=O)=N[Si](C)(C)C(C)(C)C)n1. The van der Waals surface area contributed by atoms with E-state index in [9.17, 15) is 13.0 Å². The van der Waals surface area contributed by atoms with Crippen molar-refractivity contribution >= 4 is 18.2 Å². The van der Waals surface area contributed by atoms with Gasteiger partial charge in [0.2, 0.25) is 0 Å². The monoisotopic (exact) mass is 324 g/mol. The van der Waals surface area contributed by atoms with Crippen LogP contribution in [-0.2, 0) is 16.0 Å². The molecule has 0 fully saturated rings. The number of nitrogens with two attached hydrogens (primary N) is 1. The number of hydrogen-bond acceptors (Lipinski definition) is 3. The van der Waals surface area contributed by atoms with Gasteiger partial charge in [0.1, 0.15) is 9.92 Å². The van der Waals surface area contributed by atoms with Gasteiger partial charge in [0.15, 0.2) is 13.3 Å². The molecule has 116 valence electrons. The molecule has 1 unspecified atom stereocenters. The Morgan fingerprint density at radius 1 is 1.35 bits per heavy atom. The summed E-state index contributed by atoms with van der Waals surface area (Å²) < 4.78 is 43.5. The van der Waals surface area contributed by atoms with Crippen molar-refractivity contribution in [1.82, 2.24) is 9.78 Å². The topological polar surface area (TPSA) is 73.3 Å². The van der Waals surface area contributed by atoms with E-state index in [1.54, 1.807) is 0 Å². The molecule has 0 aliphatic heterocycles. The smallest absolute Gasteiger partial charge is 0.260 e. The second-order valence-corrected chi connectivity index (χ2v) is 13.3. The zero-order valence-corrected chi connectivity index (χ0v) is 14.5. The molecule has 0 aliphatic rings. The third kappa shape index (κ3) is 3.64. The van der Waals surface area contributed by atoms with Crippen LogP contribution in [-0.4, -0.2) is 22.2 Å². The quantitative estimate of drug-likeness (QED) is 0.867. The van der Waals surface area contributed by atoms with Gasteiger partial charge in [0.25, 0.3) is 0 Å². The van der Waals surface area contributed by atoms with Crippen molar-refractivity contribution in [2.45, 2.75) is 56.9 Å². The highest BCUT2D eigenvalue weighted by Crippen LogP contribution is 2.37. The average molecular weight is 324 g/mol. The zero-order valence-electron chi connectivity index (χ0n) is 12.6. The second kappa shape index (κ2) is 4.88. The van der Waals surface area contributed by atoms with Crippen LogP contribution < -0.4 is 5.14 Å². The van der Waals surface area contributed by atoms with Gasteiger partial charge in [-0.05, 0) is 24.2 Å². The molecule has 20 heavy (non-hydrogen) atoms. The molecule has 1 rings (SSSR count). The fraction of sp³-hybridized carbons (Fsp3) is 0.727. The molecular weight excluding hydrogens is 302 g/mol. The Labute approximate surface area is 120 Å². The Morgan fingerprint density at radius 3 is 2.20 bits per heavy atom. The minimum absolute atomic E-state index is 0.108. The first kappa shape index (κ1) is 17.2. The average Bonchev–Trinajstić information content (AvgIpc) is 2.61. The summed E-state index contributed by atoms with van der Waals surface area (Å²) >= 11 is 0. The third-order valence-electron chi connectivity index (χ3n) is 3.47. The van der Waals surface area contributed by atoms with Crippen LogP contribution in [0.25, 0.3) is 0 Å². The van der Waals surface area contributed by atoms with Crippen LogP contribution in [0.3, 0.4) is 0 Å². The maximum atomic E-state index is 13.1. The Kier molecular flexibility index (Phi) is 4.21. The lowest BCUT2D eigenvalue weighted by molar-refractivity contribution is -0.0732. The second-order valence-electron chi connectivity index (χ2n) is 6.41. The Hall–Kier alpha value is -0.803. The molecule has 0 saturated carbocycles. The molecule has 0 radical (unpaired) electrons. The molecule has 5 nitrogen and oxygen atoms in total. The van der Waals surface area contributed by atoms with Crippen LogP contribution in [0.1, 0.15) is 27.7 Å². The minimum atomic E-state index is -3.27. The van der Waals surface area contributed by atoms with Gasteiger partial charge >= 0.3 is 6.05 Å². The maximum Gasteiger partial charge on any atom is 0.340 e. The third-order valence-corrected chi connectivity index (χ3v) is 10.9. The molecule has 0 aliphatic carbocycles. The molecule has 1 aromatic heterocycles. The summed E-state index contributed by atoms with van der Waals surface area (Å²) in [5.41, 5.74) is 0. The van der Waals surface area contributed by atoms with Gasteiger partial charge in [0.05, 0.1) is 0 Å².